The average molecular weight is 467 g/mol. The quantitative estimate of drug-likeness (QED) is 0.465. The van der Waals surface area contributed by atoms with Crippen LogP contribution in [0.2, 0.25) is 10.0 Å². The molecule has 0 aliphatic rings. The molecular formula is C24H20Cl2N4O2. The maximum Gasteiger partial charge on any atom is 0.352 e. The molecule has 2 N–H and O–H groups in total. The molecule has 4 aromatic rings. The smallest absolute Gasteiger partial charge is 0.322 e. The molecule has 0 bridgehead atoms. The normalized spacial score (nSPS) is 12.0. The van der Waals surface area contributed by atoms with Gasteiger partial charge >= 0.3 is 5.69 Å². The molecule has 8 heteroatoms. The molecule has 32 heavy (non-hydrogen) atoms. The van der Waals surface area contributed by atoms with Gasteiger partial charge in [0, 0.05) is 17.5 Å². The van der Waals surface area contributed by atoms with Gasteiger partial charge in [0.2, 0.25) is 0 Å². The highest BCUT2D eigenvalue weighted by Gasteiger charge is 2.19. The Morgan fingerprint density at radius 1 is 0.844 bits per heavy atom. The van der Waals surface area contributed by atoms with Crippen molar-refractivity contribution in [1.82, 2.24) is 14.3 Å². The lowest BCUT2D eigenvalue weighted by atomic mass is 10.1. The first-order chi connectivity index (χ1) is 15.5. The van der Waals surface area contributed by atoms with Gasteiger partial charge in [0.05, 0.1) is 17.3 Å². The minimum absolute atomic E-state index is 0.00975. The first-order valence-corrected chi connectivity index (χ1v) is 10.7. The van der Waals surface area contributed by atoms with Gasteiger partial charge in [-0.05, 0) is 29.3 Å². The lowest BCUT2D eigenvalue weighted by Gasteiger charge is -2.17. The number of halogens is 2. The summed E-state index contributed by atoms with van der Waals surface area (Å²) in [6, 6.07) is 22.8. The Labute approximate surface area is 194 Å². The van der Waals surface area contributed by atoms with E-state index in [9.17, 15) is 9.59 Å². The van der Waals surface area contributed by atoms with Crippen LogP contribution < -0.4 is 17.0 Å². The van der Waals surface area contributed by atoms with Crippen LogP contribution in [0.3, 0.4) is 0 Å². The number of hydrogen-bond acceptors (Lipinski definition) is 4. The van der Waals surface area contributed by atoms with Crippen molar-refractivity contribution in [2.24, 2.45) is 5.73 Å². The minimum atomic E-state index is -0.614. The Kier molecular flexibility index (Phi) is 6.55. The zero-order valence-corrected chi connectivity index (χ0v) is 18.5. The summed E-state index contributed by atoms with van der Waals surface area (Å²) < 4.78 is 2.26. The van der Waals surface area contributed by atoms with Crippen LogP contribution in [0.5, 0.6) is 0 Å². The van der Waals surface area contributed by atoms with Crippen molar-refractivity contribution in [2.45, 2.75) is 19.0 Å². The number of aromatic nitrogens is 3. The monoisotopic (exact) mass is 466 g/mol. The molecule has 1 atom stereocenters. The second-order valence-corrected chi connectivity index (χ2v) is 8.11. The van der Waals surface area contributed by atoms with Crippen LogP contribution in [0, 0.1) is 0 Å². The molecule has 0 saturated heterocycles. The summed E-state index contributed by atoms with van der Waals surface area (Å²) in [5.74, 6) is 0. The first kappa shape index (κ1) is 22.0. The number of para-hydroxylation sites is 1. The number of benzene rings is 3. The van der Waals surface area contributed by atoms with Gasteiger partial charge in [-0.3, -0.25) is 9.36 Å². The molecule has 1 heterocycles. The van der Waals surface area contributed by atoms with E-state index in [1.165, 1.54) is 0 Å². The third-order valence-corrected chi connectivity index (χ3v) is 5.82. The third-order valence-electron chi connectivity index (χ3n) is 5.13. The molecule has 0 radical (unpaired) electrons. The topological polar surface area (TPSA) is 82.9 Å². The summed E-state index contributed by atoms with van der Waals surface area (Å²) >= 11 is 12.6. The highest BCUT2D eigenvalue weighted by molar-refractivity contribution is 6.32. The fourth-order valence-corrected chi connectivity index (χ4v) is 3.86. The maximum atomic E-state index is 13.3. The van der Waals surface area contributed by atoms with E-state index in [1.807, 2.05) is 42.5 Å². The number of hydrogen-bond donors (Lipinski definition) is 1. The van der Waals surface area contributed by atoms with E-state index >= 15 is 0 Å². The molecule has 162 valence electrons. The Balaban J connectivity index is 1.87. The molecule has 1 unspecified atom stereocenters. The SMILES string of the molecule is NC(Cn1c(=O)c(Cc2ccccc2Cl)nn(-c2ccccc2Cl)c1=O)c1ccccc1. The first-order valence-electron chi connectivity index (χ1n) is 9.97. The Bertz CT molecular complexity index is 1370. The largest absolute Gasteiger partial charge is 0.352 e. The summed E-state index contributed by atoms with van der Waals surface area (Å²) in [6.07, 6.45) is 0.157. The molecule has 0 saturated carbocycles. The highest BCUT2D eigenvalue weighted by Crippen LogP contribution is 2.19. The van der Waals surface area contributed by atoms with Gasteiger partial charge < -0.3 is 5.73 Å². The van der Waals surface area contributed by atoms with Gasteiger partial charge in [-0.1, -0.05) is 83.9 Å². The van der Waals surface area contributed by atoms with Gasteiger partial charge in [-0.2, -0.15) is 9.78 Å². The fourth-order valence-electron chi connectivity index (χ4n) is 3.44. The van der Waals surface area contributed by atoms with E-state index in [4.69, 9.17) is 28.9 Å². The van der Waals surface area contributed by atoms with Gasteiger partial charge in [-0.15, -0.1) is 0 Å². The third kappa shape index (κ3) is 4.53. The molecule has 1 aromatic heterocycles. The van der Waals surface area contributed by atoms with E-state index in [-0.39, 0.29) is 18.7 Å². The van der Waals surface area contributed by atoms with E-state index < -0.39 is 17.3 Å². The van der Waals surface area contributed by atoms with Crippen molar-refractivity contribution in [3.05, 3.63) is 127 Å². The second-order valence-electron chi connectivity index (χ2n) is 7.29. The summed E-state index contributed by atoms with van der Waals surface area (Å²) in [7, 11) is 0. The molecule has 0 amide bonds. The lowest BCUT2D eigenvalue weighted by molar-refractivity contribution is 0.503. The highest BCUT2D eigenvalue weighted by atomic mass is 35.5. The standard InChI is InChI=1S/C24H20Cl2N4O2/c25-18-11-5-4-10-17(18)14-21-23(31)29(15-20(27)16-8-2-1-3-9-16)24(32)30(28-21)22-13-7-6-12-19(22)26/h1-13,20H,14-15,27H2. The Morgan fingerprint density at radius 2 is 1.47 bits per heavy atom. The van der Waals surface area contributed by atoms with Gasteiger partial charge in [-0.25, -0.2) is 4.79 Å². The summed E-state index contributed by atoms with van der Waals surface area (Å²) in [5.41, 5.74) is 7.29. The molecule has 3 aromatic carbocycles. The predicted molar refractivity (Wildman–Crippen MR) is 127 cm³/mol. The maximum absolute atomic E-state index is 13.3. The second kappa shape index (κ2) is 9.53. The minimum Gasteiger partial charge on any atom is -0.322 e. The summed E-state index contributed by atoms with van der Waals surface area (Å²) in [6.45, 7) is -0.00975. The predicted octanol–water partition coefficient (Wildman–Crippen LogP) is 3.99. The van der Waals surface area contributed by atoms with Crippen LogP contribution in [0.25, 0.3) is 5.69 Å². The fraction of sp³-hybridized carbons (Fsp3) is 0.125. The van der Waals surface area contributed by atoms with Gasteiger partial charge in [0.25, 0.3) is 5.56 Å². The molecule has 0 aliphatic carbocycles. The van der Waals surface area contributed by atoms with Crippen molar-refractivity contribution in [2.75, 3.05) is 0 Å². The van der Waals surface area contributed by atoms with Crippen molar-refractivity contribution in [3.8, 4) is 5.69 Å². The number of rotatable bonds is 6. The molecule has 0 spiro atoms. The van der Waals surface area contributed by atoms with Crippen LogP contribution in [0.1, 0.15) is 22.9 Å². The molecule has 0 aliphatic heterocycles. The average Bonchev–Trinajstić information content (AvgIpc) is 2.81. The van der Waals surface area contributed by atoms with E-state index in [0.29, 0.717) is 15.7 Å². The van der Waals surface area contributed by atoms with Crippen LogP contribution in [-0.4, -0.2) is 14.3 Å². The number of nitrogens with two attached hydrogens (primary N) is 1. The summed E-state index contributed by atoms with van der Waals surface area (Å²) in [5, 5.41) is 5.21. The van der Waals surface area contributed by atoms with Crippen LogP contribution in [0.4, 0.5) is 0 Å². The van der Waals surface area contributed by atoms with Gasteiger partial charge in [0.1, 0.15) is 5.69 Å². The molecule has 0 fully saturated rings. The zero-order chi connectivity index (χ0) is 22.7. The van der Waals surface area contributed by atoms with Crippen LogP contribution >= 0.6 is 23.2 Å². The van der Waals surface area contributed by atoms with Crippen molar-refractivity contribution in [3.63, 3.8) is 0 Å². The van der Waals surface area contributed by atoms with Crippen molar-refractivity contribution in [1.29, 1.82) is 0 Å². The van der Waals surface area contributed by atoms with Crippen molar-refractivity contribution >= 4 is 23.2 Å². The van der Waals surface area contributed by atoms with Crippen LogP contribution in [-0.2, 0) is 13.0 Å². The number of nitrogens with zero attached hydrogens (tertiary/aromatic N) is 3. The van der Waals surface area contributed by atoms with E-state index in [0.717, 1.165) is 20.4 Å². The van der Waals surface area contributed by atoms with E-state index in [1.54, 1.807) is 36.4 Å². The molecular weight excluding hydrogens is 447 g/mol. The molecule has 4 rings (SSSR count). The van der Waals surface area contributed by atoms with Crippen LogP contribution in [0.15, 0.2) is 88.5 Å². The van der Waals surface area contributed by atoms with Gasteiger partial charge in [0.15, 0.2) is 0 Å². The van der Waals surface area contributed by atoms with Crippen molar-refractivity contribution < 1.29 is 0 Å². The zero-order valence-electron chi connectivity index (χ0n) is 17.0. The molecule has 6 nitrogen and oxygen atoms in total. The summed E-state index contributed by atoms with van der Waals surface area (Å²) in [4.78, 5) is 26.6. The Hall–Kier alpha value is -3.19. The lowest BCUT2D eigenvalue weighted by Crippen LogP contribution is -2.44. The Morgan fingerprint density at radius 3 is 2.16 bits per heavy atom. The van der Waals surface area contributed by atoms with E-state index in [2.05, 4.69) is 5.10 Å².